The van der Waals surface area contributed by atoms with Gasteiger partial charge in [0.1, 0.15) is 11.4 Å². The van der Waals surface area contributed by atoms with E-state index in [2.05, 4.69) is 15.5 Å². The minimum Gasteiger partial charge on any atom is -0.289 e. The molecule has 8 heteroatoms. The molecule has 4 rings (SSSR count). The molecule has 3 heterocycles. The van der Waals surface area contributed by atoms with Crippen LogP contribution in [0.4, 0.5) is 0 Å². The summed E-state index contributed by atoms with van der Waals surface area (Å²) in [5, 5.41) is 6.33. The fourth-order valence-electron chi connectivity index (χ4n) is 2.54. The summed E-state index contributed by atoms with van der Waals surface area (Å²) in [6.07, 6.45) is 2.97. The maximum Gasteiger partial charge on any atom is 0.262 e. The van der Waals surface area contributed by atoms with Crippen LogP contribution in [0, 0.1) is 0 Å². The number of rotatable bonds is 5. The van der Waals surface area contributed by atoms with Crippen LogP contribution in [0.25, 0.3) is 20.7 Å². The Kier molecular flexibility index (Phi) is 4.91. The summed E-state index contributed by atoms with van der Waals surface area (Å²) in [5.74, 6) is -0.385. The summed E-state index contributed by atoms with van der Waals surface area (Å²) in [6, 6.07) is 15.4. The van der Waals surface area contributed by atoms with Crippen LogP contribution in [-0.2, 0) is 11.3 Å². The van der Waals surface area contributed by atoms with Crippen LogP contribution in [0.3, 0.4) is 0 Å². The van der Waals surface area contributed by atoms with E-state index in [-0.39, 0.29) is 18.0 Å². The number of hydrogen-bond acceptors (Lipinski definition) is 6. The molecule has 4 aromatic rings. The van der Waals surface area contributed by atoms with Crippen molar-refractivity contribution in [2.45, 2.75) is 6.54 Å². The van der Waals surface area contributed by atoms with Gasteiger partial charge in [0, 0.05) is 9.75 Å². The Bertz CT molecular complexity index is 1160. The molecule has 1 N–H and O–H groups in total. The highest BCUT2D eigenvalue weighted by atomic mass is 32.1. The van der Waals surface area contributed by atoms with E-state index in [1.807, 2.05) is 53.9 Å². The molecule has 0 unspecified atom stereocenters. The van der Waals surface area contributed by atoms with E-state index in [1.165, 1.54) is 33.6 Å². The molecule has 134 valence electrons. The quantitative estimate of drug-likeness (QED) is 0.417. The second-order valence-electron chi connectivity index (χ2n) is 5.68. The highest BCUT2D eigenvalue weighted by molar-refractivity contribution is 7.21. The van der Waals surface area contributed by atoms with Gasteiger partial charge in [0.05, 0.1) is 17.9 Å². The van der Waals surface area contributed by atoms with E-state index in [0.717, 1.165) is 15.3 Å². The largest absolute Gasteiger partial charge is 0.289 e. The van der Waals surface area contributed by atoms with Gasteiger partial charge in [-0.2, -0.15) is 5.10 Å². The molecular weight excluding hydrogens is 380 g/mol. The standard InChI is InChI=1S/C19H14N4O2S2/c24-17(22-21-10-14-7-4-8-26-14)11-23-12-20-18-15(19(23)25)9-16(27-18)13-5-2-1-3-6-13/h1-10,12H,11H2,(H,22,24)/b21-10-. The van der Waals surface area contributed by atoms with Crippen molar-refractivity contribution in [2.75, 3.05) is 0 Å². The first kappa shape index (κ1) is 17.3. The molecule has 0 saturated heterocycles. The van der Waals surface area contributed by atoms with Crippen LogP contribution in [0.2, 0.25) is 0 Å². The van der Waals surface area contributed by atoms with Gasteiger partial charge in [0.2, 0.25) is 0 Å². The Morgan fingerprint density at radius 3 is 2.85 bits per heavy atom. The lowest BCUT2D eigenvalue weighted by molar-refractivity contribution is -0.121. The van der Waals surface area contributed by atoms with Gasteiger partial charge in [0.25, 0.3) is 11.5 Å². The average molecular weight is 394 g/mol. The fourth-order valence-corrected chi connectivity index (χ4v) is 4.12. The van der Waals surface area contributed by atoms with Crippen LogP contribution in [0.5, 0.6) is 0 Å². The smallest absolute Gasteiger partial charge is 0.262 e. The number of hydrazone groups is 1. The third-order valence-corrected chi connectivity index (χ3v) is 5.71. The van der Waals surface area contributed by atoms with Gasteiger partial charge in [-0.3, -0.25) is 14.2 Å². The van der Waals surface area contributed by atoms with Crippen molar-refractivity contribution >= 4 is 45.0 Å². The number of thiophene rings is 2. The van der Waals surface area contributed by atoms with Gasteiger partial charge in [-0.15, -0.1) is 22.7 Å². The van der Waals surface area contributed by atoms with Gasteiger partial charge in [-0.25, -0.2) is 10.4 Å². The highest BCUT2D eigenvalue weighted by Gasteiger charge is 2.12. The molecule has 1 aromatic carbocycles. The first-order chi connectivity index (χ1) is 13.2. The number of hydrogen-bond donors (Lipinski definition) is 1. The molecule has 0 aliphatic heterocycles. The predicted octanol–water partition coefficient (Wildman–Crippen LogP) is 3.34. The zero-order valence-electron chi connectivity index (χ0n) is 14.0. The maximum atomic E-state index is 12.7. The van der Waals surface area contributed by atoms with Gasteiger partial charge < -0.3 is 0 Å². The first-order valence-electron chi connectivity index (χ1n) is 8.10. The van der Waals surface area contributed by atoms with Crippen LogP contribution in [-0.4, -0.2) is 21.7 Å². The van der Waals surface area contributed by atoms with Crippen molar-refractivity contribution in [1.82, 2.24) is 15.0 Å². The van der Waals surface area contributed by atoms with Crippen LogP contribution in [0.15, 0.2) is 70.1 Å². The normalized spacial score (nSPS) is 11.3. The van der Waals surface area contributed by atoms with Crippen molar-refractivity contribution in [3.8, 4) is 10.4 Å². The number of nitrogens with one attached hydrogen (secondary N) is 1. The topological polar surface area (TPSA) is 76.3 Å². The van der Waals surface area contributed by atoms with Gasteiger partial charge in [-0.05, 0) is 23.1 Å². The van der Waals surface area contributed by atoms with Crippen molar-refractivity contribution in [3.63, 3.8) is 0 Å². The Hall–Kier alpha value is -3.10. The van der Waals surface area contributed by atoms with Crippen LogP contribution < -0.4 is 11.0 Å². The summed E-state index contributed by atoms with van der Waals surface area (Å²) in [6.45, 7) is -0.139. The zero-order valence-corrected chi connectivity index (χ0v) is 15.7. The first-order valence-corrected chi connectivity index (χ1v) is 9.80. The molecule has 0 atom stereocenters. The molecule has 1 amide bonds. The SMILES string of the molecule is O=C(Cn1cnc2sc(-c3ccccc3)cc2c1=O)N/N=C\c1cccs1. The minimum absolute atomic E-state index is 0.139. The van der Waals surface area contributed by atoms with Crippen LogP contribution in [0.1, 0.15) is 4.88 Å². The molecule has 0 radical (unpaired) electrons. The lowest BCUT2D eigenvalue weighted by atomic mass is 10.2. The second kappa shape index (κ2) is 7.65. The molecule has 3 aromatic heterocycles. The Morgan fingerprint density at radius 2 is 2.07 bits per heavy atom. The number of amides is 1. The highest BCUT2D eigenvalue weighted by Crippen LogP contribution is 2.30. The molecule has 0 aliphatic rings. The fraction of sp³-hybridized carbons (Fsp3) is 0.0526. The van der Waals surface area contributed by atoms with Crippen molar-refractivity contribution < 1.29 is 4.79 Å². The molecule has 0 bridgehead atoms. The lowest BCUT2D eigenvalue weighted by Gasteiger charge is -2.03. The van der Waals surface area contributed by atoms with E-state index in [9.17, 15) is 9.59 Å². The predicted molar refractivity (Wildman–Crippen MR) is 109 cm³/mol. The Labute approximate surface area is 162 Å². The van der Waals surface area contributed by atoms with Gasteiger partial charge in [-0.1, -0.05) is 36.4 Å². The summed E-state index contributed by atoms with van der Waals surface area (Å²) < 4.78 is 1.29. The second-order valence-corrected chi connectivity index (χ2v) is 7.69. The maximum absolute atomic E-state index is 12.7. The average Bonchev–Trinajstić information content (AvgIpc) is 3.35. The van der Waals surface area contributed by atoms with Crippen LogP contribution >= 0.6 is 22.7 Å². The third-order valence-electron chi connectivity index (χ3n) is 3.81. The molecule has 0 saturated carbocycles. The molecule has 0 spiro atoms. The van der Waals surface area contributed by atoms with Gasteiger partial charge in [0.15, 0.2) is 0 Å². The zero-order chi connectivity index (χ0) is 18.6. The van der Waals surface area contributed by atoms with Crippen molar-refractivity contribution in [1.29, 1.82) is 0 Å². The van der Waals surface area contributed by atoms with Crippen molar-refractivity contribution in [3.05, 3.63) is 75.5 Å². The molecule has 6 nitrogen and oxygen atoms in total. The number of aromatic nitrogens is 2. The molecule has 27 heavy (non-hydrogen) atoms. The minimum atomic E-state index is -0.385. The van der Waals surface area contributed by atoms with Crippen molar-refractivity contribution in [2.24, 2.45) is 5.10 Å². The van der Waals surface area contributed by atoms with E-state index in [0.29, 0.717) is 10.2 Å². The Morgan fingerprint density at radius 1 is 1.22 bits per heavy atom. The molecule has 0 fully saturated rings. The number of fused-ring (bicyclic) bond motifs is 1. The Balaban J connectivity index is 1.53. The summed E-state index contributed by atoms with van der Waals surface area (Å²) in [7, 11) is 0. The summed E-state index contributed by atoms with van der Waals surface area (Å²) >= 11 is 2.98. The summed E-state index contributed by atoms with van der Waals surface area (Å²) in [4.78, 5) is 31.6. The monoisotopic (exact) mass is 394 g/mol. The van der Waals surface area contributed by atoms with E-state index in [1.54, 1.807) is 6.21 Å². The molecular formula is C19H14N4O2S2. The van der Waals surface area contributed by atoms with E-state index >= 15 is 0 Å². The number of carbonyl (C=O) groups is 1. The lowest BCUT2D eigenvalue weighted by Crippen LogP contribution is -2.29. The number of nitrogens with zero attached hydrogens (tertiary/aromatic N) is 3. The third kappa shape index (κ3) is 3.86. The van der Waals surface area contributed by atoms with E-state index < -0.39 is 0 Å². The number of benzene rings is 1. The summed E-state index contributed by atoms with van der Waals surface area (Å²) in [5.41, 5.74) is 3.22. The van der Waals surface area contributed by atoms with E-state index in [4.69, 9.17) is 0 Å². The molecule has 0 aliphatic carbocycles. The number of carbonyl (C=O) groups excluding carboxylic acids is 1. The van der Waals surface area contributed by atoms with Gasteiger partial charge >= 0.3 is 0 Å².